The maximum atomic E-state index is 12.5. The summed E-state index contributed by atoms with van der Waals surface area (Å²) in [5, 5.41) is 3.69. The molecule has 1 fully saturated rings. The Hall–Kier alpha value is -2.06. The summed E-state index contributed by atoms with van der Waals surface area (Å²) in [5.41, 5.74) is 0.808. The Morgan fingerprint density at radius 1 is 1.20 bits per heavy atom. The van der Waals surface area contributed by atoms with Crippen molar-refractivity contribution in [3.8, 4) is 5.75 Å². The molecule has 0 spiro atoms. The number of hydrogen-bond acceptors (Lipinski definition) is 6. The monoisotopic (exact) mass is 365 g/mol. The zero-order chi connectivity index (χ0) is 18.0. The van der Waals surface area contributed by atoms with E-state index in [-0.39, 0.29) is 16.8 Å². The van der Waals surface area contributed by atoms with Gasteiger partial charge in [-0.05, 0) is 58.0 Å². The summed E-state index contributed by atoms with van der Waals surface area (Å²) in [5.74, 6) is 1.02. The van der Waals surface area contributed by atoms with Crippen LogP contribution >= 0.6 is 0 Å². The Kier molecular flexibility index (Phi) is 5.01. The smallest absolute Gasteiger partial charge is 0.267 e. The summed E-state index contributed by atoms with van der Waals surface area (Å²) in [6.07, 6.45) is 2.20. The van der Waals surface area contributed by atoms with Gasteiger partial charge in [-0.1, -0.05) is 5.16 Å². The minimum atomic E-state index is -3.73. The molecule has 1 aliphatic heterocycles. The molecule has 0 atom stereocenters. The van der Waals surface area contributed by atoms with Gasteiger partial charge in [-0.25, -0.2) is 8.42 Å². The molecule has 1 aromatic carbocycles. The van der Waals surface area contributed by atoms with Crippen molar-refractivity contribution in [1.29, 1.82) is 0 Å². The first-order valence-electron chi connectivity index (χ1n) is 8.26. The average Bonchev–Trinajstić information content (AvgIpc) is 2.91. The van der Waals surface area contributed by atoms with E-state index in [1.54, 1.807) is 38.1 Å². The average molecular weight is 365 g/mol. The molecule has 1 saturated heterocycles. The molecule has 25 heavy (non-hydrogen) atoms. The topological polar surface area (TPSA) is 84.7 Å². The minimum Gasteiger partial charge on any atom is -0.490 e. The van der Waals surface area contributed by atoms with Crippen LogP contribution in [-0.2, 0) is 10.0 Å². The Labute approximate surface area is 148 Å². The number of anilines is 1. The molecule has 3 rings (SSSR count). The van der Waals surface area contributed by atoms with Crippen LogP contribution in [0.5, 0.6) is 5.75 Å². The van der Waals surface area contributed by atoms with Gasteiger partial charge in [-0.2, -0.15) is 0 Å². The normalized spacial score (nSPS) is 16.8. The molecule has 1 N–H and O–H groups in total. The number of likely N-dealkylation sites (tertiary alicyclic amines) is 1. The van der Waals surface area contributed by atoms with E-state index in [4.69, 9.17) is 9.26 Å². The summed E-state index contributed by atoms with van der Waals surface area (Å²) >= 11 is 0. The fourth-order valence-electron chi connectivity index (χ4n) is 2.96. The van der Waals surface area contributed by atoms with E-state index >= 15 is 0 Å². The summed E-state index contributed by atoms with van der Waals surface area (Å²) in [4.78, 5) is 2.37. The van der Waals surface area contributed by atoms with Crippen molar-refractivity contribution in [3.63, 3.8) is 0 Å². The molecule has 8 heteroatoms. The van der Waals surface area contributed by atoms with Gasteiger partial charge in [-0.15, -0.1) is 0 Å². The van der Waals surface area contributed by atoms with Gasteiger partial charge in [0.05, 0.1) is 0 Å². The maximum absolute atomic E-state index is 12.5. The molecule has 0 saturated carbocycles. The molecule has 0 unspecified atom stereocenters. The fraction of sp³-hybridized carbons (Fsp3) is 0.471. The van der Waals surface area contributed by atoms with Crippen LogP contribution in [0.15, 0.2) is 33.7 Å². The predicted molar refractivity (Wildman–Crippen MR) is 94.4 cm³/mol. The number of ether oxygens (including phenoxy) is 1. The number of sulfonamides is 1. The molecule has 1 aromatic heterocycles. The summed E-state index contributed by atoms with van der Waals surface area (Å²) < 4.78 is 38.4. The molecule has 7 nitrogen and oxygen atoms in total. The van der Waals surface area contributed by atoms with Gasteiger partial charge >= 0.3 is 0 Å². The molecule has 0 amide bonds. The van der Waals surface area contributed by atoms with E-state index in [1.807, 2.05) is 0 Å². The van der Waals surface area contributed by atoms with Crippen molar-refractivity contribution in [2.75, 3.05) is 24.9 Å². The van der Waals surface area contributed by atoms with Crippen molar-refractivity contribution < 1.29 is 17.7 Å². The third-order valence-electron chi connectivity index (χ3n) is 4.31. The number of aromatic nitrogens is 1. The van der Waals surface area contributed by atoms with Crippen LogP contribution in [0.1, 0.15) is 24.3 Å². The minimum absolute atomic E-state index is 0.0825. The Bertz CT molecular complexity index is 803. The summed E-state index contributed by atoms with van der Waals surface area (Å²) in [6.45, 7) is 5.23. The molecular formula is C17H23N3O4S. The first-order valence-corrected chi connectivity index (χ1v) is 9.74. The lowest BCUT2D eigenvalue weighted by molar-refractivity contribution is 0.114. The first-order chi connectivity index (χ1) is 11.8. The molecule has 136 valence electrons. The molecular weight excluding hydrogens is 342 g/mol. The van der Waals surface area contributed by atoms with Crippen molar-refractivity contribution in [3.05, 3.63) is 35.7 Å². The van der Waals surface area contributed by atoms with Crippen LogP contribution < -0.4 is 9.46 Å². The van der Waals surface area contributed by atoms with E-state index in [0.717, 1.165) is 31.7 Å². The lowest BCUT2D eigenvalue weighted by Crippen LogP contribution is -2.35. The van der Waals surface area contributed by atoms with Gasteiger partial charge in [0, 0.05) is 18.8 Å². The first kappa shape index (κ1) is 17.8. The van der Waals surface area contributed by atoms with E-state index in [9.17, 15) is 8.42 Å². The highest BCUT2D eigenvalue weighted by Gasteiger charge is 2.24. The molecule has 0 radical (unpaired) electrons. The second-order valence-corrected chi connectivity index (χ2v) is 8.02. The zero-order valence-corrected chi connectivity index (χ0v) is 15.5. The van der Waals surface area contributed by atoms with Crippen molar-refractivity contribution in [2.45, 2.75) is 37.7 Å². The van der Waals surface area contributed by atoms with Gasteiger partial charge < -0.3 is 14.2 Å². The SMILES string of the molecule is Cc1noc(C)c1S(=O)(=O)Nc1ccc(OC2CCN(C)CC2)cc1. The highest BCUT2D eigenvalue weighted by Crippen LogP contribution is 2.25. The number of benzene rings is 1. The Morgan fingerprint density at radius 3 is 2.40 bits per heavy atom. The van der Waals surface area contributed by atoms with Crippen LogP contribution in [-0.4, -0.2) is 44.7 Å². The maximum Gasteiger partial charge on any atom is 0.267 e. The summed E-state index contributed by atoms with van der Waals surface area (Å²) in [7, 11) is -1.62. The van der Waals surface area contributed by atoms with Gasteiger partial charge in [-0.3, -0.25) is 4.72 Å². The number of nitrogens with zero attached hydrogens (tertiary/aromatic N) is 2. The number of nitrogens with one attached hydrogen (secondary N) is 1. The van der Waals surface area contributed by atoms with Crippen molar-refractivity contribution in [2.24, 2.45) is 0 Å². The number of rotatable bonds is 5. The van der Waals surface area contributed by atoms with Gasteiger partial charge in [0.1, 0.15) is 17.5 Å². The van der Waals surface area contributed by atoms with Gasteiger partial charge in [0.2, 0.25) is 0 Å². The van der Waals surface area contributed by atoms with E-state index in [0.29, 0.717) is 11.4 Å². The number of aryl methyl sites for hydroxylation is 2. The second kappa shape index (κ2) is 7.05. The van der Waals surface area contributed by atoms with Crippen molar-refractivity contribution >= 4 is 15.7 Å². The second-order valence-electron chi connectivity index (χ2n) is 6.40. The largest absolute Gasteiger partial charge is 0.490 e. The Morgan fingerprint density at radius 2 is 1.84 bits per heavy atom. The van der Waals surface area contributed by atoms with Crippen LogP contribution in [0.2, 0.25) is 0 Å². The third-order valence-corrected chi connectivity index (χ3v) is 5.94. The molecule has 1 aliphatic rings. The molecule has 2 aromatic rings. The van der Waals surface area contributed by atoms with Crippen molar-refractivity contribution in [1.82, 2.24) is 10.1 Å². The Balaban J connectivity index is 1.66. The molecule has 0 aliphatic carbocycles. The van der Waals surface area contributed by atoms with Crippen LogP contribution in [0, 0.1) is 13.8 Å². The van der Waals surface area contributed by atoms with Crippen LogP contribution in [0.4, 0.5) is 5.69 Å². The van der Waals surface area contributed by atoms with Gasteiger partial charge in [0.15, 0.2) is 10.7 Å². The lowest BCUT2D eigenvalue weighted by atomic mass is 10.1. The summed E-state index contributed by atoms with van der Waals surface area (Å²) in [6, 6.07) is 6.95. The standard InChI is InChI=1S/C17H23N3O4S/c1-12-17(13(2)24-18-12)25(21,22)19-14-4-6-15(7-5-14)23-16-8-10-20(3)11-9-16/h4-7,16,19H,8-11H2,1-3H3. The van der Waals surface area contributed by atoms with E-state index in [2.05, 4.69) is 21.8 Å². The van der Waals surface area contributed by atoms with Crippen LogP contribution in [0.3, 0.4) is 0 Å². The number of piperidine rings is 1. The van der Waals surface area contributed by atoms with E-state index < -0.39 is 10.0 Å². The van der Waals surface area contributed by atoms with E-state index in [1.165, 1.54) is 0 Å². The fourth-order valence-corrected chi connectivity index (χ4v) is 4.35. The quantitative estimate of drug-likeness (QED) is 0.877. The molecule has 0 bridgehead atoms. The van der Waals surface area contributed by atoms with Crippen LogP contribution in [0.25, 0.3) is 0 Å². The zero-order valence-electron chi connectivity index (χ0n) is 14.7. The lowest BCUT2D eigenvalue weighted by Gasteiger charge is -2.29. The van der Waals surface area contributed by atoms with Gasteiger partial charge in [0.25, 0.3) is 10.0 Å². The predicted octanol–water partition coefficient (Wildman–Crippen LogP) is 2.57. The highest BCUT2D eigenvalue weighted by molar-refractivity contribution is 7.92. The highest BCUT2D eigenvalue weighted by atomic mass is 32.2. The number of hydrogen-bond donors (Lipinski definition) is 1. The third kappa shape index (κ3) is 4.13. The molecule has 2 heterocycles.